The summed E-state index contributed by atoms with van der Waals surface area (Å²) < 4.78 is 20.2. The number of fused-ring (bicyclic) bond motifs is 3. The Bertz CT molecular complexity index is 890. The quantitative estimate of drug-likeness (QED) is 0.754. The monoisotopic (exact) mass is 401 g/mol. The second-order valence-electron chi connectivity index (χ2n) is 7.37. The van der Waals surface area contributed by atoms with Gasteiger partial charge in [0.25, 0.3) is 10.9 Å². The van der Waals surface area contributed by atoms with Gasteiger partial charge in [-0.2, -0.15) is 5.10 Å². The molecule has 1 amide bonds. The van der Waals surface area contributed by atoms with E-state index in [0.29, 0.717) is 37.0 Å². The van der Waals surface area contributed by atoms with Crippen molar-refractivity contribution in [2.45, 2.75) is 29.7 Å². The first-order valence-corrected chi connectivity index (χ1v) is 11.1. The van der Waals surface area contributed by atoms with Crippen LogP contribution >= 0.6 is 0 Å². The van der Waals surface area contributed by atoms with Gasteiger partial charge in [-0.05, 0) is 31.5 Å². The third-order valence-corrected chi connectivity index (χ3v) is 6.95. The molecule has 3 aliphatic rings. The van der Waals surface area contributed by atoms with Gasteiger partial charge >= 0.3 is 0 Å². The highest BCUT2D eigenvalue weighted by Gasteiger charge is 2.39. The van der Waals surface area contributed by atoms with Crippen molar-refractivity contribution in [3.8, 4) is 11.3 Å². The molecular weight excluding hydrogens is 378 g/mol. The molecule has 0 aromatic carbocycles. The molecule has 3 aliphatic heterocycles. The number of rotatable bonds is 2. The Morgan fingerprint density at radius 3 is 3.00 bits per heavy atom. The van der Waals surface area contributed by atoms with Crippen LogP contribution in [0, 0.1) is 0 Å². The van der Waals surface area contributed by atoms with Gasteiger partial charge in [0.1, 0.15) is 5.75 Å². The molecule has 0 saturated carbocycles. The average molecular weight is 401 g/mol. The van der Waals surface area contributed by atoms with Crippen LogP contribution in [-0.4, -0.2) is 69.5 Å². The molecule has 148 valence electrons. The van der Waals surface area contributed by atoms with Crippen molar-refractivity contribution in [3.05, 3.63) is 29.6 Å². The smallest absolute Gasteiger partial charge is 0.275 e. The lowest BCUT2D eigenvalue weighted by atomic mass is 10.0. The lowest BCUT2D eigenvalue weighted by Crippen LogP contribution is -2.41. The number of pyridine rings is 1. The molecule has 2 atom stereocenters. The highest BCUT2D eigenvalue weighted by molar-refractivity contribution is 7.90. The van der Waals surface area contributed by atoms with E-state index in [0.717, 1.165) is 42.8 Å². The molecule has 5 heterocycles. The van der Waals surface area contributed by atoms with E-state index >= 15 is 0 Å². The molecule has 5 rings (SSSR count). The Balaban J connectivity index is 1.63. The predicted molar refractivity (Wildman–Crippen MR) is 103 cm³/mol. The lowest BCUT2D eigenvalue weighted by molar-refractivity contribution is 0.0297. The van der Waals surface area contributed by atoms with E-state index in [-0.39, 0.29) is 17.7 Å². The molecule has 0 radical (unpaired) electrons. The van der Waals surface area contributed by atoms with Gasteiger partial charge < -0.3 is 19.5 Å². The Kier molecular flexibility index (Phi) is 4.83. The molecule has 9 heteroatoms. The summed E-state index contributed by atoms with van der Waals surface area (Å²) in [5.74, 6) is 0.191. The van der Waals surface area contributed by atoms with Gasteiger partial charge in [0, 0.05) is 37.0 Å². The first-order valence-electron chi connectivity index (χ1n) is 9.77. The van der Waals surface area contributed by atoms with E-state index in [9.17, 15) is 9.35 Å². The van der Waals surface area contributed by atoms with E-state index < -0.39 is 11.2 Å². The summed E-state index contributed by atoms with van der Waals surface area (Å²) in [5.41, 5.74) is 2.97. The number of piperidine rings is 1. The fourth-order valence-electron chi connectivity index (χ4n) is 4.24. The van der Waals surface area contributed by atoms with Crippen LogP contribution in [0.5, 0.6) is 0 Å². The molecule has 1 N–H and O–H groups in total. The highest BCUT2D eigenvalue weighted by atomic mass is 32.2. The molecule has 0 spiro atoms. The largest absolute Gasteiger partial charge is 0.610 e. The third-order valence-electron chi connectivity index (χ3n) is 5.64. The van der Waals surface area contributed by atoms with E-state index in [1.165, 1.54) is 0 Å². The van der Waals surface area contributed by atoms with Crippen molar-refractivity contribution in [1.29, 1.82) is 0 Å². The van der Waals surface area contributed by atoms with Gasteiger partial charge in [0.05, 0.1) is 36.1 Å². The molecule has 0 aliphatic carbocycles. The molecular formula is C19H23N5O3S. The lowest BCUT2D eigenvalue weighted by Gasteiger charge is -2.27. The van der Waals surface area contributed by atoms with E-state index in [1.54, 1.807) is 11.1 Å². The molecule has 0 bridgehead atoms. The Hall–Kier alpha value is -1.94. The van der Waals surface area contributed by atoms with Gasteiger partial charge in [-0.3, -0.25) is 9.48 Å². The standard InChI is InChI=1S/C19H23N5O3S/c25-19(23-7-9-27-10-8-23)16-15-12-28(26)18-14(4-2-6-21-18)17(15)24(22-16)13-3-1-5-20-11-13/h2,4,6,13,20H,1,3,5,7-12H2/t13-,28?/m0/s1. The molecule has 2 aromatic rings. The first-order chi connectivity index (χ1) is 13.7. The first kappa shape index (κ1) is 18.1. The summed E-state index contributed by atoms with van der Waals surface area (Å²) in [6, 6.07) is 3.97. The third kappa shape index (κ3) is 3.02. The molecule has 2 saturated heterocycles. The highest BCUT2D eigenvalue weighted by Crippen LogP contribution is 2.40. The van der Waals surface area contributed by atoms with Gasteiger partial charge in [-0.25, -0.2) is 4.98 Å². The summed E-state index contributed by atoms with van der Waals surface area (Å²) in [5, 5.41) is 8.82. The number of carbonyl (C=O) groups is 1. The van der Waals surface area contributed by atoms with Crippen molar-refractivity contribution >= 4 is 17.1 Å². The summed E-state index contributed by atoms with van der Waals surface area (Å²) in [7, 11) is 0. The molecule has 28 heavy (non-hydrogen) atoms. The zero-order chi connectivity index (χ0) is 19.1. The number of amides is 1. The number of nitrogens with one attached hydrogen (secondary N) is 1. The maximum absolute atomic E-state index is 13.3. The number of ether oxygens (including phenoxy) is 1. The summed E-state index contributed by atoms with van der Waals surface area (Å²) in [6.07, 6.45) is 3.74. The maximum Gasteiger partial charge on any atom is 0.275 e. The van der Waals surface area contributed by atoms with Crippen LogP contribution in [0.3, 0.4) is 0 Å². The van der Waals surface area contributed by atoms with Crippen LogP contribution in [0.2, 0.25) is 0 Å². The van der Waals surface area contributed by atoms with E-state index in [1.807, 2.05) is 16.8 Å². The fourth-order valence-corrected chi connectivity index (χ4v) is 5.50. The predicted octanol–water partition coefficient (Wildman–Crippen LogP) is 0.963. The number of hydrogen-bond acceptors (Lipinski definition) is 6. The summed E-state index contributed by atoms with van der Waals surface area (Å²) >= 11 is -1.28. The SMILES string of the molecule is O=C(c1nn([C@H]2CCCNC2)c2c1C[S+]([O-])c1ncccc1-2)N1CCOCC1. The van der Waals surface area contributed by atoms with Crippen molar-refractivity contribution in [3.63, 3.8) is 0 Å². The topological polar surface area (TPSA) is 95.3 Å². The zero-order valence-corrected chi connectivity index (χ0v) is 16.4. The van der Waals surface area contributed by atoms with E-state index in [2.05, 4.69) is 10.3 Å². The minimum atomic E-state index is -1.28. The van der Waals surface area contributed by atoms with Crippen LogP contribution in [0.1, 0.15) is 34.9 Å². The fraction of sp³-hybridized carbons (Fsp3) is 0.526. The number of carbonyl (C=O) groups excluding carboxylic acids is 1. The zero-order valence-electron chi connectivity index (χ0n) is 15.6. The van der Waals surface area contributed by atoms with Crippen molar-refractivity contribution in [2.75, 3.05) is 39.4 Å². The van der Waals surface area contributed by atoms with Crippen molar-refractivity contribution < 1.29 is 14.1 Å². The number of aromatic nitrogens is 3. The summed E-state index contributed by atoms with van der Waals surface area (Å²) in [4.78, 5) is 19.4. The van der Waals surface area contributed by atoms with Gasteiger partial charge in [0.15, 0.2) is 5.69 Å². The second-order valence-corrected chi connectivity index (χ2v) is 8.74. The Labute approximate surface area is 166 Å². The van der Waals surface area contributed by atoms with Crippen LogP contribution in [-0.2, 0) is 21.7 Å². The summed E-state index contributed by atoms with van der Waals surface area (Å²) in [6.45, 7) is 4.03. The maximum atomic E-state index is 13.3. The van der Waals surface area contributed by atoms with E-state index in [4.69, 9.17) is 9.84 Å². The van der Waals surface area contributed by atoms with Gasteiger partial charge in [-0.1, -0.05) is 0 Å². The Morgan fingerprint density at radius 1 is 1.36 bits per heavy atom. The number of hydrogen-bond donors (Lipinski definition) is 1. The normalized spacial score (nSPS) is 24.5. The molecule has 2 aromatic heterocycles. The average Bonchev–Trinajstić information content (AvgIpc) is 3.14. The minimum Gasteiger partial charge on any atom is -0.610 e. The van der Waals surface area contributed by atoms with Crippen molar-refractivity contribution in [2.24, 2.45) is 0 Å². The molecule has 8 nitrogen and oxygen atoms in total. The number of morpholine rings is 1. The van der Waals surface area contributed by atoms with Gasteiger partial charge in [-0.15, -0.1) is 0 Å². The van der Waals surface area contributed by atoms with Crippen molar-refractivity contribution in [1.82, 2.24) is 25.0 Å². The Morgan fingerprint density at radius 2 is 2.21 bits per heavy atom. The molecule has 1 unspecified atom stereocenters. The van der Waals surface area contributed by atoms with Crippen LogP contribution in [0.4, 0.5) is 0 Å². The van der Waals surface area contributed by atoms with Crippen LogP contribution in [0.15, 0.2) is 23.4 Å². The van der Waals surface area contributed by atoms with Crippen LogP contribution in [0.25, 0.3) is 11.3 Å². The minimum absolute atomic E-state index is 0.0913. The van der Waals surface area contributed by atoms with Crippen LogP contribution < -0.4 is 5.32 Å². The van der Waals surface area contributed by atoms with Gasteiger partial charge in [0.2, 0.25) is 0 Å². The second kappa shape index (κ2) is 7.47. The number of nitrogens with zero attached hydrogens (tertiary/aromatic N) is 4. The molecule has 2 fully saturated rings.